The molecule has 0 aromatic heterocycles. The van der Waals surface area contributed by atoms with E-state index in [0.29, 0.717) is 0 Å². The van der Waals surface area contributed by atoms with E-state index < -0.39 is 0 Å². The van der Waals surface area contributed by atoms with E-state index in [-0.39, 0.29) is 0 Å². The summed E-state index contributed by atoms with van der Waals surface area (Å²) in [6.07, 6.45) is 0. The van der Waals surface area contributed by atoms with E-state index in [0.717, 1.165) is 0 Å². The lowest BCUT2D eigenvalue weighted by atomic mass is 9.83. The fourth-order valence-corrected chi connectivity index (χ4v) is 11.0. The van der Waals surface area contributed by atoms with Crippen molar-refractivity contribution >= 4 is 118 Å². The summed E-state index contributed by atoms with van der Waals surface area (Å²) in [7, 11) is 0. The van der Waals surface area contributed by atoms with Crippen LogP contribution >= 0.6 is 0 Å². The molecule has 0 saturated carbocycles. The average molecular weight is 703 g/mol. The Balaban J connectivity index is 1.35. The van der Waals surface area contributed by atoms with E-state index in [1.807, 2.05) is 0 Å². The van der Waals surface area contributed by atoms with Gasteiger partial charge in [0.15, 0.2) is 0 Å². The molecule has 0 saturated heterocycles. The first kappa shape index (κ1) is 29.1. The van der Waals surface area contributed by atoms with Gasteiger partial charge in [0.25, 0.3) is 0 Å². The molecule has 0 fully saturated rings. The molecule has 0 heterocycles. The third-order valence-electron chi connectivity index (χ3n) is 13.2. The predicted octanol–water partition coefficient (Wildman–Crippen LogP) is 16.0. The summed E-state index contributed by atoms with van der Waals surface area (Å²) >= 11 is 0. The molecule has 0 nitrogen and oxygen atoms in total. The summed E-state index contributed by atoms with van der Waals surface area (Å²) in [5.74, 6) is 0. The molecule has 0 amide bonds. The Morgan fingerprint density at radius 3 is 1.27 bits per heavy atom. The normalized spacial score (nSPS) is 12.6. The Morgan fingerprint density at radius 2 is 0.625 bits per heavy atom. The van der Waals surface area contributed by atoms with Crippen molar-refractivity contribution in [3.05, 3.63) is 182 Å². The minimum Gasteiger partial charge on any atom is -0.0616 e. The highest BCUT2D eigenvalue weighted by Crippen LogP contribution is 2.56. The molecule has 0 N–H and O–H groups in total. The molecule has 0 aliphatic rings. The molecule has 0 spiro atoms. The van der Waals surface area contributed by atoms with Gasteiger partial charge in [-0.25, -0.2) is 0 Å². The van der Waals surface area contributed by atoms with Gasteiger partial charge in [-0.15, -0.1) is 0 Å². The van der Waals surface area contributed by atoms with Gasteiger partial charge in [-0.3, -0.25) is 0 Å². The second kappa shape index (κ2) is 10.3. The van der Waals surface area contributed by atoms with Crippen LogP contribution in [0.25, 0.3) is 141 Å². The maximum absolute atomic E-state index is 2.56. The quantitative estimate of drug-likeness (QED) is 0.157. The van der Waals surface area contributed by atoms with Crippen molar-refractivity contribution in [2.24, 2.45) is 0 Å². The molecule has 0 aliphatic carbocycles. The van der Waals surface area contributed by atoms with Crippen molar-refractivity contribution in [1.82, 2.24) is 0 Å². The lowest BCUT2D eigenvalue weighted by Crippen LogP contribution is -1.91. The van der Waals surface area contributed by atoms with Gasteiger partial charge < -0.3 is 0 Å². The minimum atomic E-state index is 1.26. The highest BCUT2D eigenvalue weighted by Gasteiger charge is 2.27. The van der Waals surface area contributed by atoms with Crippen LogP contribution in [0, 0.1) is 0 Å². The first-order chi connectivity index (χ1) is 27.8. The lowest BCUT2D eigenvalue weighted by molar-refractivity contribution is 1.72. The van der Waals surface area contributed by atoms with Gasteiger partial charge in [0.05, 0.1) is 0 Å². The van der Waals surface area contributed by atoms with Gasteiger partial charge in [0.1, 0.15) is 0 Å². The molecule has 0 heteroatoms. The van der Waals surface area contributed by atoms with E-state index in [9.17, 15) is 0 Å². The fourth-order valence-electron chi connectivity index (χ4n) is 11.0. The maximum Gasteiger partial charge on any atom is -0.000696 e. The van der Waals surface area contributed by atoms with E-state index in [2.05, 4.69) is 182 Å². The summed E-state index contributed by atoms with van der Waals surface area (Å²) in [6.45, 7) is 0. The van der Waals surface area contributed by atoms with E-state index in [1.165, 1.54) is 141 Å². The second-order valence-electron chi connectivity index (χ2n) is 15.9. The molecule has 254 valence electrons. The molecular weight excluding hydrogens is 673 g/mol. The topological polar surface area (TPSA) is 0 Å². The molecular formula is C56H30. The highest BCUT2D eigenvalue weighted by atomic mass is 14.3. The van der Waals surface area contributed by atoms with Crippen molar-refractivity contribution in [1.29, 1.82) is 0 Å². The van der Waals surface area contributed by atoms with Gasteiger partial charge >= 0.3 is 0 Å². The Morgan fingerprint density at radius 1 is 0.179 bits per heavy atom. The number of fused-ring (bicyclic) bond motifs is 9. The monoisotopic (exact) mass is 702 g/mol. The molecule has 14 aromatic rings. The van der Waals surface area contributed by atoms with E-state index in [1.54, 1.807) is 0 Å². The number of rotatable bonds is 2. The van der Waals surface area contributed by atoms with E-state index >= 15 is 0 Å². The minimum absolute atomic E-state index is 1.26. The van der Waals surface area contributed by atoms with E-state index in [4.69, 9.17) is 0 Å². The van der Waals surface area contributed by atoms with Crippen LogP contribution < -0.4 is 0 Å². The number of benzene rings is 12. The lowest BCUT2D eigenvalue weighted by Gasteiger charge is -2.19. The van der Waals surface area contributed by atoms with Gasteiger partial charge in [-0.2, -0.15) is 0 Å². The van der Waals surface area contributed by atoms with Crippen LogP contribution in [0.3, 0.4) is 0 Å². The molecule has 14 rings (SSSR count). The van der Waals surface area contributed by atoms with Crippen molar-refractivity contribution in [3.63, 3.8) is 0 Å². The number of hydrogen-bond donors (Lipinski definition) is 0. The Kier molecular flexibility index (Phi) is 5.34. The fraction of sp³-hybridized carbons (Fsp3) is 0. The maximum atomic E-state index is 2.56. The van der Waals surface area contributed by atoms with Crippen LogP contribution in [0.5, 0.6) is 0 Å². The smallest absolute Gasteiger partial charge is 0.000696 e. The Labute approximate surface area is 321 Å². The molecule has 0 aliphatic heterocycles. The van der Waals surface area contributed by atoms with Gasteiger partial charge in [0.2, 0.25) is 0 Å². The van der Waals surface area contributed by atoms with Gasteiger partial charge in [-0.1, -0.05) is 164 Å². The number of hydrogen-bond acceptors (Lipinski definition) is 0. The zero-order valence-electron chi connectivity index (χ0n) is 30.3. The Bertz CT molecular complexity index is 3960. The van der Waals surface area contributed by atoms with Crippen LogP contribution in [0.15, 0.2) is 182 Å². The summed E-state index contributed by atoms with van der Waals surface area (Å²) in [5, 5.41) is 29.0. The van der Waals surface area contributed by atoms with Crippen LogP contribution in [0.1, 0.15) is 0 Å². The standard InChI is InChI=1S/C56H30/c1-3-18-37-31(10-1)12-6-20-39(37)52-46-29-44-41-22-8-15-33-16-9-23-42(50(33)41)45(44)30-47(46)53(40-21-7-13-32-11-2-4-19-38(32)40)56-48-28-36-17-5-14-34-24-25-35-26-27-43(55(52)56)54(48)51(35)49(34)36/h1-30H. The summed E-state index contributed by atoms with van der Waals surface area (Å²) in [6, 6.07) is 69.1. The van der Waals surface area contributed by atoms with Gasteiger partial charge in [-0.05, 0) is 159 Å². The first-order valence-corrected chi connectivity index (χ1v) is 19.7. The van der Waals surface area contributed by atoms with Crippen LogP contribution in [0.4, 0.5) is 0 Å². The zero-order valence-corrected chi connectivity index (χ0v) is 30.3. The summed E-state index contributed by atoms with van der Waals surface area (Å²) < 4.78 is 0. The second-order valence-corrected chi connectivity index (χ2v) is 15.9. The van der Waals surface area contributed by atoms with Crippen molar-refractivity contribution in [2.45, 2.75) is 0 Å². The third-order valence-corrected chi connectivity index (χ3v) is 13.2. The van der Waals surface area contributed by atoms with Crippen LogP contribution in [0.2, 0.25) is 0 Å². The summed E-state index contributed by atoms with van der Waals surface area (Å²) in [5.41, 5.74) is 5.21. The molecule has 0 radical (unpaired) electrons. The van der Waals surface area contributed by atoms with Crippen molar-refractivity contribution in [2.75, 3.05) is 0 Å². The molecule has 14 aromatic carbocycles. The molecule has 0 bridgehead atoms. The molecule has 56 heavy (non-hydrogen) atoms. The zero-order chi connectivity index (χ0) is 36.2. The first-order valence-electron chi connectivity index (χ1n) is 19.7. The SMILES string of the molecule is c1ccc2c(-c3c4cc5c(cc4c(-c4cccc6ccccc46)c4c6cc7cccc8ccc9ccc(c34)c6c9c87)c3cccc4cccc5c43)cccc2c1. The van der Waals surface area contributed by atoms with Crippen LogP contribution in [-0.2, 0) is 0 Å². The van der Waals surface area contributed by atoms with Crippen LogP contribution in [-0.4, -0.2) is 0 Å². The largest absolute Gasteiger partial charge is 0.0616 e. The predicted molar refractivity (Wildman–Crippen MR) is 243 cm³/mol. The molecule has 0 unspecified atom stereocenters. The third kappa shape index (κ3) is 3.51. The molecule has 0 atom stereocenters. The average Bonchev–Trinajstić information content (AvgIpc) is 3.75. The van der Waals surface area contributed by atoms with Crippen molar-refractivity contribution in [3.8, 4) is 22.3 Å². The van der Waals surface area contributed by atoms with Crippen molar-refractivity contribution < 1.29 is 0 Å². The summed E-state index contributed by atoms with van der Waals surface area (Å²) in [4.78, 5) is 0. The highest BCUT2D eigenvalue weighted by molar-refractivity contribution is 6.46. The van der Waals surface area contributed by atoms with Gasteiger partial charge in [0, 0.05) is 0 Å². The Hall–Kier alpha value is -7.28.